The maximum atomic E-state index is 12.2. The van der Waals surface area contributed by atoms with Crippen LogP contribution in [-0.2, 0) is 4.74 Å². The van der Waals surface area contributed by atoms with Crippen LogP contribution in [0.5, 0.6) is 0 Å². The zero-order valence-electron chi connectivity index (χ0n) is 13.7. The van der Waals surface area contributed by atoms with Crippen LogP contribution in [-0.4, -0.2) is 40.6 Å². The Bertz CT molecular complexity index is 762. The van der Waals surface area contributed by atoms with Gasteiger partial charge in [-0.05, 0) is 26.0 Å². The number of carbonyl (C=O) groups is 1. The van der Waals surface area contributed by atoms with Gasteiger partial charge in [-0.3, -0.25) is 0 Å². The Labute approximate surface area is 140 Å². The van der Waals surface area contributed by atoms with Crippen LogP contribution in [0.3, 0.4) is 0 Å². The van der Waals surface area contributed by atoms with Gasteiger partial charge >= 0.3 is 5.97 Å². The highest BCUT2D eigenvalue weighted by atomic mass is 16.7. The summed E-state index contributed by atoms with van der Waals surface area (Å²) < 4.78 is 6.39. The molecule has 7 nitrogen and oxygen atoms in total. The first-order valence-corrected chi connectivity index (χ1v) is 7.63. The fourth-order valence-electron chi connectivity index (χ4n) is 2.20. The molecule has 24 heavy (non-hydrogen) atoms. The minimum Gasteiger partial charge on any atom is -0.461 e. The average molecular weight is 329 g/mol. The second kappa shape index (κ2) is 8.13. The second-order valence-electron chi connectivity index (χ2n) is 4.99. The number of hydrogen-bond donors (Lipinski definition) is 1. The molecular weight excluding hydrogens is 310 g/mol. The number of nitriles is 1. The van der Waals surface area contributed by atoms with Crippen LogP contribution in [0.25, 0.3) is 11.4 Å². The van der Waals surface area contributed by atoms with Gasteiger partial charge in [-0.25, -0.2) is 9.78 Å². The van der Waals surface area contributed by atoms with Crippen LogP contribution in [0.4, 0.5) is 0 Å². The molecule has 0 bridgehead atoms. The Morgan fingerprint density at radius 2 is 2.25 bits per heavy atom. The first-order chi connectivity index (χ1) is 11.6. The number of rotatable bonds is 7. The highest BCUT2D eigenvalue weighted by molar-refractivity contribution is 5.89. The van der Waals surface area contributed by atoms with Crippen LogP contribution in [0.2, 0.25) is 0 Å². The van der Waals surface area contributed by atoms with Crippen LogP contribution in [0.15, 0.2) is 24.3 Å². The number of aliphatic hydroxyl groups excluding tert-OH is 1. The molecule has 0 atom stereocenters. The number of ether oxygens (including phenoxy) is 1. The van der Waals surface area contributed by atoms with Crippen molar-refractivity contribution >= 4 is 5.97 Å². The molecule has 0 aliphatic rings. The number of imidazole rings is 1. The SMILES string of the molecule is CCOC(=O)c1c(C)nc(-c2cccc(C#N)c2)n1OCCCO. The zero-order valence-corrected chi connectivity index (χ0v) is 13.7. The number of aliphatic hydroxyl groups is 1. The van der Waals surface area contributed by atoms with Gasteiger partial charge in [-0.2, -0.15) is 9.99 Å². The van der Waals surface area contributed by atoms with Gasteiger partial charge in [-0.1, -0.05) is 12.1 Å². The standard InChI is InChI=1S/C17H19N3O4/c1-3-23-17(22)15-12(2)19-16(20(15)24-9-5-8-21)14-7-4-6-13(10-14)11-18/h4,6-7,10,21H,3,5,8-9H2,1-2H3. The van der Waals surface area contributed by atoms with Crippen molar-refractivity contribution in [2.45, 2.75) is 20.3 Å². The lowest BCUT2D eigenvalue weighted by atomic mass is 10.1. The van der Waals surface area contributed by atoms with Crippen LogP contribution in [0, 0.1) is 18.3 Å². The molecule has 0 aliphatic heterocycles. The number of aromatic nitrogens is 2. The number of benzene rings is 1. The minimum atomic E-state index is -0.533. The van der Waals surface area contributed by atoms with Crippen molar-refractivity contribution in [3.05, 3.63) is 41.2 Å². The number of carbonyl (C=O) groups excluding carboxylic acids is 1. The summed E-state index contributed by atoms with van der Waals surface area (Å²) in [6.07, 6.45) is 0.414. The van der Waals surface area contributed by atoms with Crippen LogP contribution >= 0.6 is 0 Å². The lowest BCUT2D eigenvalue weighted by Gasteiger charge is -2.12. The molecule has 1 aromatic heterocycles. The van der Waals surface area contributed by atoms with E-state index in [2.05, 4.69) is 11.1 Å². The molecule has 0 radical (unpaired) electrons. The molecule has 1 aromatic carbocycles. The Hall–Kier alpha value is -2.85. The third-order valence-electron chi connectivity index (χ3n) is 3.25. The largest absolute Gasteiger partial charge is 0.461 e. The summed E-state index contributed by atoms with van der Waals surface area (Å²) in [5.74, 6) is -0.125. The topological polar surface area (TPSA) is 97.4 Å². The maximum absolute atomic E-state index is 12.2. The van der Waals surface area contributed by atoms with Crippen LogP contribution < -0.4 is 4.84 Å². The van der Waals surface area contributed by atoms with E-state index in [-0.39, 0.29) is 25.5 Å². The van der Waals surface area contributed by atoms with Crippen molar-refractivity contribution in [2.75, 3.05) is 19.8 Å². The van der Waals surface area contributed by atoms with Crippen molar-refractivity contribution in [2.24, 2.45) is 0 Å². The Balaban J connectivity index is 2.51. The van der Waals surface area contributed by atoms with E-state index >= 15 is 0 Å². The van der Waals surface area contributed by atoms with Crippen LogP contribution in [0.1, 0.15) is 35.1 Å². The van der Waals surface area contributed by atoms with Gasteiger partial charge in [0.15, 0.2) is 11.5 Å². The molecule has 1 heterocycles. The summed E-state index contributed by atoms with van der Waals surface area (Å²) in [6, 6.07) is 8.94. The highest BCUT2D eigenvalue weighted by Gasteiger charge is 2.24. The third kappa shape index (κ3) is 3.73. The monoisotopic (exact) mass is 329 g/mol. The molecule has 0 amide bonds. The molecule has 0 fully saturated rings. The average Bonchev–Trinajstić information content (AvgIpc) is 2.92. The van der Waals surface area contributed by atoms with Crippen molar-refractivity contribution in [1.82, 2.24) is 9.71 Å². The summed E-state index contributed by atoms with van der Waals surface area (Å²) >= 11 is 0. The van der Waals surface area contributed by atoms with Gasteiger partial charge in [0.25, 0.3) is 0 Å². The highest BCUT2D eigenvalue weighted by Crippen LogP contribution is 2.23. The van der Waals surface area contributed by atoms with Gasteiger partial charge in [-0.15, -0.1) is 0 Å². The summed E-state index contributed by atoms with van der Waals surface area (Å²) in [7, 11) is 0. The first-order valence-electron chi connectivity index (χ1n) is 7.63. The Morgan fingerprint density at radius 3 is 2.92 bits per heavy atom. The molecule has 2 aromatic rings. The molecule has 1 N–H and O–H groups in total. The van der Waals surface area contributed by atoms with E-state index in [1.165, 1.54) is 4.73 Å². The molecule has 7 heteroatoms. The second-order valence-corrected chi connectivity index (χ2v) is 4.99. The van der Waals surface area contributed by atoms with E-state index in [1.54, 1.807) is 38.1 Å². The number of nitrogens with zero attached hydrogens (tertiary/aromatic N) is 3. The minimum absolute atomic E-state index is 0.0261. The smallest absolute Gasteiger partial charge is 0.360 e. The number of aryl methyl sites for hydroxylation is 1. The number of hydrogen-bond acceptors (Lipinski definition) is 6. The fraction of sp³-hybridized carbons (Fsp3) is 0.353. The van der Waals surface area contributed by atoms with E-state index in [9.17, 15) is 4.79 Å². The zero-order chi connectivity index (χ0) is 17.5. The fourth-order valence-corrected chi connectivity index (χ4v) is 2.20. The number of esters is 1. The normalized spacial score (nSPS) is 10.2. The van der Waals surface area contributed by atoms with E-state index in [1.807, 2.05) is 0 Å². The van der Waals surface area contributed by atoms with Gasteiger partial charge < -0.3 is 14.7 Å². The lowest BCUT2D eigenvalue weighted by Crippen LogP contribution is -2.21. The molecule has 126 valence electrons. The van der Waals surface area contributed by atoms with E-state index in [4.69, 9.17) is 19.9 Å². The Morgan fingerprint density at radius 1 is 1.46 bits per heavy atom. The summed E-state index contributed by atoms with van der Waals surface area (Å²) in [6.45, 7) is 3.83. The van der Waals surface area contributed by atoms with Crippen molar-refractivity contribution < 1.29 is 19.5 Å². The molecular formula is C17H19N3O4. The maximum Gasteiger partial charge on any atom is 0.360 e. The summed E-state index contributed by atoms with van der Waals surface area (Å²) in [4.78, 5) is 22.3. The third-order valence-corrected chi connectivity index (χ3v) is 3.25. The van der Waals surface area contributed by atoms with Crippen molar-refractivity contribution in [3.8, 4) is 17.5 Å². The first kappa shape index (κ1) is 17.5. The molecule has 2 rings (SSSR count). The summed E-state index contributed by atoms with van der Waals surface area (Å²) in [5.41, 5.74) is 1.80. The molecule has 0 unspecified atom stereocenters. The van der Waals surface area contributed by atoms with Gasteiger partial charge in [0.05, 0.1) is 23.9 Å². The van der Waals surface area contributed by atoms with Gasteiger partial charge in [0.1, 0.15) is 6.61 Å². The van der Waals surface area contributed by atoms with E-state index in [0.29, 0.717) is 29.1 Å². The predicted octanol–water partition coefficient (Wildman–Crippen LogP) is 1.72. The van der Waals surface area contributed by atoms with E-state index in [0.717, 1.165) is 0 Å². The molecule has 0 spiro atoms. The van der Waals surface area contributed by atoms with E-state index < -0.39 is 5.97 Å². The predicted molar refractivity (Wildman–Crippen MR) is 86.2 cm³/mol. The molecule has 0 saturated heterocycles. The molecule has 0 aliphatic carbocycles. The van der Waals surface area contributed by atoms with Gasteiger partial charge in [0, 0.05) is 18.6 Å². The quantitative estimate of drug-likeness (QED) is 0.613. The molecule has 0 saturated carbocycles. The van der Waals surface area contributed by atoms with Crippen molar-refractivity contribution in [3.63, 3.8) is 0 Å². The Kier molecular flexibility index (Phi) is 5.93. The van der Waals surface area contributed by atoms with Gasteiger partial charge in [0.2, 0.25) is 0 Å². The lowest BCUT2D eigenvalue weighted by molar-refractivity contribution is 0.0432. The van der Waals surface area contributed by atoms with Crippen molar-refractivity contribution in [1.29, 1.82) is 5.26 Å². The summed E-state index contributed by atoms with van der Waals surface area (Å²) in [5, 5.41) is 18.0.